The van der Waals surface area contributed by atoms with E-state index in [1.165, 1.54) is 0 Å². The largest absolute Gasteiger partial charge is 0.497 e. The van der Waals surface area contributed by atoms with Crippen molar-refractivity contribution in [2.24, 2.45) is 5.73 Å². The summed E-state index contributed by atoms with van der Waals surface area (Å²) in [6.07, 6.45) is -3.63. The van der Waals surface area contributed by atoms with Crippen LogP contribution in [-0.4, -0.2) is 25.9 Å². The van der Waals surface area contributed by atoms with Crippen molar-refractivity contribution >= 4 is 0 Å². The van der Waals surface area contributed by atoms with Gasteiger partial charge in [0.2, 0.25) is 0 Å². The van der Waals surface area contributed by atoms with Crippen LogP contribution in [0.3, 0.4) is 0 Å². The minimum absolute atomic E-state index is 0.0189. The van der Waals surface area contributed by atoms with Crippen LogP contribution < -0.4 is 15.2 Å². The first-order valence-corrected chi connectivity index (χ1v) is 6.97. The molecule has 0 saturated carbocycles. The molecule has 120 valence electrons. The van der Waals surface area contributed by atoms with Crippen LogP contribution >= 0.6 is 0 Å². The molecule has 0 bridgehead atoms. The predicted octanol–water partition coefficient (Wildman–Crippen LogP) is 3.70. The summed E-state index contributed by atoms with van der Waals surface area (Å²) in [4.78, 5) is 0. The number of ether oxygens (including phenoxy) is 2. The fourth-order valence-electron chi connectivity index (χ4n) is 1.86. The van der Waals surface area contributed by atoms with Gasteiger partial charge >= 0.3 is 6.18 Å². The van der Waals surface area contributed by atoms with E-state index in [1.807, 2.05) is 13.0 Å². The third-order valence-corrected chi connectivity index (χ3v) is 3.14. The maximum atomic E-state index is 12.1. The third kappa shape index (κ3) is 6.71. The molecule has 0 aromatic heterocycles. The van der Waals surface area contributed by atoms with Gasteiger partial charge in [-0.2, -0.15) is 13.2 Å². The molecule has 3 nitrogen and oxygen atoms in total. The standard InChI is InChI=1S/C15H22F3NO2/c1-3-12(19)9-11-10-13(20-2)5-6-14(11)21-8-4-7-15(16,17)18/h5-6,10,12H,3-4,7-9,19H2,1-2H3. The van der Waals surface area contributed by atoms with E-state index in [1.54, 1.807) is 19.2 Å². The molecule has 0 heterocycles. The normalized spacial score (nSPS) is 13.0. The monoisotopic (exact) mass is 305 g/mol. The molecular formula is C15H22F3NO2. The van der Waals surface area contributed by atoms with E-state index in [-0.39, 0.29) is 19.1 Å². The van der Waals surface area contributed by atoms with E-state index in [0.717, 1.165) is 12.0 Å². The number of hydrogen-bond donors (Lipinski definition) is 1. The van der Waals surface area contributed by atoms with Crippen molar-refractivity contribution in [3.8, 4) is 11.5 Å². The zero-order valence-corrected chi connectivity index (χ0v) is 12.4. The Balaban J connectivity index is 2.66. The molecule has 0 aliphatic heterocycles. The molecule has 1 atom stereocenters. The number of alkyl halides is 3. The Labute approximate surface area is 123 Å². The molecule has 0 amide bonds. The van der Waals surface area contributed by atoms with Crippen molar-refractivity contribution in [1.29, 1.82) is 0 Å². The number of nitrogens with two attached hydrogens (primary N) is 1. The molecule has 1 unspecified atom stereocenters. The summed E-state index contributed by atoms with van der Waals surface area (Å²) < 4.78 is 46.9. The summed E-state index contributed by atoms with van der Waals surface area (Å²) in [5, 5.41) is 0. The number of rotatable bonds is 8. The topological polar surface area (TPSA) is 44.5 Å². The lowest BCUT2D eigenvalue weighted by molar-refractivity contribution is -0.136. The maximum absolute atomic E-state index is 12.1. The van der Waals surface area contributed by atoms with Crippen molar-refractivity contribution in [3.05, 3.63) is 23.8 Å². The third-order valence-electron chi connectivity index (χ3n) is 3.14. The van der Waals surface area contributed by atoms with Crippen molar-refractivity contribution in [2.75, 3.05) is 13.7 Å². The predicted molar refractivity (Wildman–Crippen MR) is 75.7 cm³/mol. The summed E-state index contributed by atoms with van der Waals surface area (Å²) in [5.41, 5.74) is 6.79. The fourth-order valence-corrected chi connectivity index (χ4v) is 1.86. The molecule has 0 aliphatic rings. The summed E-state index contributed by atoms with van der Waals surface area (Å²) in [7, 11) is 1.56. The van der Waals surface area contributed by atoms with Gasteiger partial charge in [-0.25, -0.2) is 0 Å². The summed E-state index contributed by atoms with van der Waals surface area (Å²) >= 11 is 0. The number of halogens is 3. The highest BCUT2D eigenvalue weighted by Crippen LogP contribution is 2.27. The quantitative estimate of drug-likeness (QED) is 0.745. The first-order chi connectivity index (χ1) is 9.85. The summed E-state index contributed by atoms with van der Waals surface area (Å²) in [6.45, 7) is 2.01. The van der Waals surface area contributed by atoms with E-state index >= 15 is 0 Å². The zero-order chi connectivity index (χ0) is 15.9. The van der Waals surface area contributed by atoms with Crippen LogP contribution in [0.25, 0.3) is 0 Å². The second kappa shape index (κ2) is 8.12. The van der Waals surface area contributed by atoms with Crippen LogP contribution in [0, 0.1) is 0 Å². The van der Waals surface area contributed by atoms with Gasteiger partial charge in [-0.15, -0.1) is 0 Å². The Kier molecular flexibility index (Phi) is 6.81. The van der Waals surface area contributed by atoms with Crippen molar-refractivity contribution in [3.63, 3.8) is 0 Å². The minimum Gasteiger partial charge on any atom is -0.497 e. The van der Waals surface area contributed by atoms with Gasteiger partial charge < -0.3 is 15.2 Å². The zero-order valence-electron chi connectivity index (χ0n) is 12.4. The molecule has 0 radical (unpaired) electrons. The van der Waals surface area contributed by atoms with Crippen molar-refractivity contribution < 1.29 is 22.6 Å². The average Bonchev–Trinajstić information content (AvgIpc) is 2.43. The van der Waals surface area contributed by atoms with Gasteiger partial charge in [-0.05, 0) is 43.0 Å². The lowest BCUT2D eigenvalue weighted by Crippen LogP contribution is -2.22. The average molecular weight is 305 g/mol. The number of benzene rings is 1. The van der Waals surface area contributed by atoms with E-state index in [4.69, 9.17) is 15.2 Å². The van der Waals surface area contributed by atoms with Crippen LogP contribution in [0.4, 0.5) is 13.2 Å². The molecule has 0 aliphatic carbocycles. The van der Waals surface area contributed by atoms with Crippen LogP contribution in [0.5, 0.6) is 11.5 Å². The fraction of sp³-hybridized carbons (Fsp3) is 0.600. The molecule has 1 aromatic carbocycles. The van der Waals surface area contributed by atoms with Gasteiger partial charge in [-0.1, -0.05) is 6.92 Å². The molecule has 1 rings (SSSR count). The lowest BCUT2D eigenvalue weighted by atomic mass is 10.0. The Morgan fingerprint density at radius 1 is 1.29 bits per heavy atom. The van der Waals surface area contributed by atoms with Gasteiger partial charge in [0.25, 0.3) is 0 Å². The Morgan fingerprint density at radius 3 is 2.57 bits per heavy atom. The van der Waals surface area contributed by atoms with Gasteiger partial charge in [0.15, 0.2) is 0 Å². The highest BCUT2D eigenvalue weighted by Gasteiger charge is 2.26. The minimum atomic E-state index is -4.14. The second-order valence-corrected chi connectivity index (χ2v) is 4.91. The molecule has 6 heteroatoms. The second-order valence-electron chi connectivity index (χ2n) is 4.91. The molecule has 21 heavy (non-hydrogen) atoms. The van der Waals surface area contributed by atoms with Crippen LogP contribution in [0.1, 0.15) is 31.7 Å². The SMILES string of the molecule is CCC(N)Cc1cc(OC)ccc1OCCCC(F)(F)F. The lowest BCUT2D eigenvalue weighted by Gasteiger charge is -2.16. The van der Waals surface area contributed by atoms with Crippen molar-refractivity contribution in [2.45, 2.75) is 44.8 Å². The molecule has 1 aromatic rings. The Bertz CT molecular complexity index is 435. The maximum Gasteiger partial charge on any atom is 0.389 e. The molecule has 0 spiro atoms. The number of hydrogen-bond acceptors (Lipinski definition) is 3. The first kappa shape index (κ1) is 17.6. The summed E-state index contributed by atoms with van der Waals surface area (Å²) in [5.74, 6) is 1.25. The van der Waals surface area contributed by atoms with Gasteiger partial charge in [0.05, 0.1) is 13.7 Å². The molecular weight excluding hydrogens is 283 g/mol. The van der Waals surface area contributed by atoms with Crippen molar-refractivity contribution in [1.82, 2.24) is 0 Å². The van der Waals surface area contributed by atoms with E-state index in [2.05, 4.69) is 0 Å². The van der Waals surface area contributed by atoms with Gasteiger partial charge in [-0.3, -0.25) is 0 Å². The number of methoxy groups -OCH3 is 1. The van der Waals surface area contributed by atoms with E-state index in [0.29, 0.717) is 17.9 Å². The van der Waals surface area contributed by atoms with Crippen LogP contribution in [-0.2, 0) is 6.42 Å². The molecule has 0 saturated heterocycles. The Hall–Kier alpha value is -1.43. The smallest absolute Gasteiger partial charge is 0.389 e. The Morgan fingerprint density at radius 2 is 2.00 bits per heavy atom. The van der Waals surface area contributed by atoms with E-state index < -0.39 is 12.6 Å². The molecule has 2 N–H and O–H groups in total. The highest BCUT2D eigenvalue weighted by molar-refractivity contribution is 5.40. The van der Waals surface area contributed by atoms with Gasteiger partial charge in [0, 0.05) is 12.5 Å². The first-order valence-electron chi connectivity index (χ1n) is 6.97. The van der Waals surface area contributed by atoms with E-state index in [9.17, 15) is 13.2 Å². The highest BCUT2D eigenvalue weighted by atomic mass is 19.4. The summed E-state index contributed by atoms with van der Waals surface area (Å²) in [6, 6.07) is 5.23. The van der Waals surface area contributed by atoms with Crippen LogP contribution in [0.15, 0.2) is 18.2 Å². The molecule has 0 fully saturated rings. The van der Waals surface area contributed by atoms with Gasteiger partial charge in [0.1, 0.15) is 11.5 Å². The van der Waals surface area contributed by atoms with Crippen LogP contribution in [0.2, 0.25) is 0 Å².